The second-order valence-electron chi connectivity index (χ2n) is 8.54. The van der Waals surface area contributed by atoms with Gasteiger partial charge in [-0.1, -0.05) is 29.3 Å². The lowest BCUT2D eigenvalue weighted by Gasteiger charge is -2.20. The average molecular weight is 581 g/mol. The quantitative estimate of drug-likeness (QED) is 0.409. The van der Waals surface area contributed by atoms with E-state index < -0.39 is 23.7 Å². The number of hydrogen-bond donors (Lipinski definition) is 2. The number of aliphatic carboxylic acids is 1. The molecule has 10 nitrogen and oxygen atoms in total. The van der Waals surface area contributed by atoms with Gasteiger partial charge in [0.2, 0.25) is 0 Å². The number of fused-ring (bicyclic) bond motifs is 1. The van der Waals surface area contributed by atoms with Crippen LogP contribution in [0, 0.1) is 5.82 Å². The third kappa shape index (κ3) is 6.99. The first kappa shape index (κ1) is 29.3. The van der Waals surface area contributed by atoms with Crippen molar-refractivity contribution in [3.8, 4) is 0 Å². The van der Waals surface area contributed by atoms with Gasteiger partial charge in [0.15, 0.2) is 16.0 Å². The number of likely N-dealkylation sites (tertiary alicyclic amines) is 1. The van der Waals surface area contributed by atoms with Crippen molar-refractivity contribution in [1.29, 1.82) is 0 Å². The van der Waals surface area contributed by atoms with Gasteiger partial charge in [0.25, 0.3) is 5.91 Å². The summed E-state index contributed by atoms with van der Waals surface area (Å²) in [5.74, 6) is -3.96. The zero-order valence-corrected chi connectivity index (χ0v) is 21.4. The minimum atomic E-state index is -5.19. The largest absolute Gasteiger partial charge is 0.542 e. The number of amides is 1. The van der Waals surface area contributed by atoms with Crippen molar-refractivity contribution < 1.29 is 37.2 Å². The molecule has 38 heavy (non-hydrogen) atoms. The van der Waals surface area contributed by atoms with Crippen LogP contribution in [0.25, 0.3) is 5.65 Å². The molecule has 0 unspecified atom stereocenters. The molecule has 1 aromatic carbocycles. The van der Waals surface area contributed by atoms with Crippen LogP contribution >= 0.6 is 23.2 Å². The maximum atomic E-state index is 14.5. The predicted octanol–water partition coefficient (Wildman–Crippen LogP) is 0.504. The number of hydrogen-bond acceptors (Lipinski definition) is 6. The maximum absolute atomic E-state index is 14.5. The number of halogens is 6. The lowest BCUT2D eigenvalue weighted by Crippen LogP contribution is -3.10. The number of quaternary nitrogens is 1. The number of aromatic nitrogens is 4. The van der Waals surface area contributed by atoms with Crippen molar-refractivity contribution in [2.24, 2.45) is 0 Å². The molecule has 2 N–H and O–H groups in total. The summed E-state index contributed by atoms with van der Waals surface area (Å²) in [6, 6.07) is 4.33. The molecule has 0 bridgehead atoms. The fourth-order valence-electron chi connectivity index (χ4n) is 3.88. The summed E-state index contributed by atoms with van der Waals surface area (Å²) >= 11 is 12.0. The Balaban J connectivity index is 0.000000505. The number of imidazole rings is 1. The highest BCUT2D eigenvalue weighted by molar-refractivity contribution is 6.40. The molecule has 0 radical (unpaired) electrons. The Morgan fingerprint density at radius 2 is 1.87 bits per heavy atom. The van der Waals surface area contributed by atoms with E-state index in [9.17, 15) is 27.2 Å². The van der Waals surface area contributed by atoms with Gasteiger partial charge in [0, 0.05) is 26.3 Å². The third-order valence-corrected chi connectivity index (χ3v) is 6.56. The fourth-order valence-corrected chi connectivity index (χ4v) is 4.25. The Kier molecular flexibility index (Phi) is 9.33. The van der Waals surface area contributed by atoms with Gasteiger partial charge in [0.05, 0.1) is 31.7 Å². The maximum Gasteiger partial charge on any atom is 0.430 e. The van der Waals surface area contributed by atoms with Crippen LogP contribution in [0.15, 0.2) is 23.0 Å². The molecular formula is C22H22Cl2F4N6O4. The number of carbonyl (C=O) groups is 2. The lowest BCUT2D eigenvalue weighted by atomic mass is 10.0. The predicted molar refractivity (Wildman–Crippen MR) is 126 cm³/mol. The highest BCUT2D eigenvalue weighted by Gasteiger charge is 2.29. The Labute approximate surface area is 222 Å². The number of carboxylic acid groups (broad SMARTS) is 1. The first-order valence-corrected chi connectivity index (χ1v) is 12.0. The van der Waals surface area contributed by atoms with Gasteiger partial charge in [-0.15, -0.1) is 0 Å². The van der Waals surface area contributed by atoms with Crippen molar-refractivity contribution >= 4 is 40.7 Å². The van der Waals surface area contributed by atoms with Crippen LogP contribution in [-0.2, 0) is 11.2 Å². The fraction of sp³-hybridized carbons (Fsp3) is 0.409. The van der Waals surface area contributed by atoms with Crippen LogP contribution in [-0.4, -0.2) is 75.8 Å². The van der Waals surface area contributed by atoms with Crippen LogP contribution in [0.5, 0.6) is 0 Å². The molecular weight excluding hydrogens is 559 g/mol. The highest BCUT2D eigenvalue weighted by Crippen LogP contribution is 2.23. The van der Waals surface area contributed by atoms with Crippen molar-refractivity contribution in [1.82, 2.24) is 24.5 Å². The summed E-state index contributed by atoms with van der Waals surface area (Å²) in [4.78, 5) is 40.7. The molecule has 1 saturated heterocycles. The van der Waals surface area contributed by atoms with Gasteiger partial charge in [-0.25, -0.2) is 23.7 Å². The first-order chi connectivity index (χ1) is 17.8. The standard InChI is InChI=1S/C20H21Cl2FN6O2.C2HF3O2/c1-27(8-9-28-6-2-3-7-28)19(30)13-10-12(4-5-14(13)23)11-15-18-24-16(21)17(22)29(18)20(31)26-25-15;3-2(4,5)1(6)7/h4-5,10H,2-3,6-9,11H2,1H3,(H,26,31);(H,6,7). The van der Waals surface area contributed by atoms with Crippen LogP contribution in [0.3, 0.4) is 0 Å². The number of alkyl halides is 3. The van der Waals surface area contributed by atoms with Crippen molar-refractivity contribution in [2.75, 3.05) is 33.2 Å². The van der Waals surface area contributed by atoms with E-state index in [2.05, 4.69) is 15.2 Å². The first-order valence-electron chi connectivity index (χ1n) is 11.3. The summed E-state index contributed by atoms with van der Waals surface area (Å²) in [5, 5.41) is 15.1. The van der Waals surface area contributed by atoms with E-state index in [0.717, 1.165) is 24.0 Å². The Hall–Kier alpha value is -3.23. The van der Waals surface area contributed by atoms with Gasteiger partial charge in [-0.05, 0) is 17.7 Å². The number of likely N-dealkylation sites (N-methyl/N-ethyl adjacent to an activating group) is 1. The Bertz CT molecular complexity index is 1390. The molecule has 1 aliphatic heterocycles. The van der Waals surface area contributed by atoms with Gasteiger partial charge >= 0.3 is 11.9 Å². The molecule has 16 heteroatoms. The summed E-state index contributed by atoms with van der Waals surface area (Å²) in [5.41, 5.74) is 0.669. The van der Waals surface area contributed by atoms with E-state index in [1.165, 1.54) is 29.9 Å². The molecule has 1 fully saturated rings. The molecule has 3 heterocycles. The summed E-state index contributed by atoms with van der Waals surface area (Å²) in [6.45, 7) is 3.65. The minimum absolute atomic E-state index is 0.00345. The van der Waals surface area contributed by atoms with Gasteiger partial charge in [-0.2, -0.15) is 18.3 Å². The van der Waals surface area contributed by atoms with Crippen LogP contribution < -0.4 is 15.7 Å². The van der Waals surface area contributed by atoms with Gasteiger partial charge < -0.3 is 19.7 Å². The number of rotatable bonds is 6. The summed E-state index contributed by atoms with van der Waals surface area (Å²) in [7, 11) is 1.69. The summed E-state index contributed by atoms with van der Waals surface area (Å²) < 4.78 is 47.1. The average Bonchev–Trinajstić information content (AvgIpc) is 3.48. The number of H-pyrrole nitrogens is 1. The van der Waals surface area contributed by atoms with Gasteiger partial charge in [-0.3, -0.25) is 4.79 Å². The topological polar surface area (TPSA) is 128 Å². The van der Waals surface area contributed by atoms with E-state index in [1.54, 1.807) is 18.0 Å². The summed E-state index contributed by atoms with van der Waals surface area (Å²) in [6.07, 6.45) is -2.57. The SMILES string of the molecule is CN(CC[NH+]1CCCC1)C(=O)c1cc(Cc2n[nH]c(=O)n3c(Cl)c(Cl)nc23)ccc1F.O=C([O-])C(F)(F)F. The monoisotopic (exact) mass is 580 g/mol. The van der Waals surface area contributed by atoms with Gasteiger partial charge in [0.1, 0.15) is 17.5 Å². The highest BCUT2D eigenvalue weighted by atomic mass is 35.5. The van der Waals surface area contributed by atoms with E-state index in [1.807, 2.05) is 0 Å². The molecule has 0 saturated carbocycles. The second kappa shape index (κ2) is 12.1. The van der Waals surface area contributed by atoms with E-state index in [0.29, 0.717) is 17.8 Å². The smallest absolute Gasteiger partial charge is 0.430 e. The molecule has 206 valence electrons. The normalized spacial score (nSPS) is 13.9. The van der Waals surface area contributed by atoms with Crippen LogP contribution in [0.4, 0.5) is 17.6 Å². The number of nitrogens with one attached hydrogen (secondary N) is 2. The molecule has 1 amide bonds. The number of carbonyl (C=O) groups excluding carboxylic acids is 2. The van der Waals surface area contributed by atoms with Crippen LogP contribution in [0.2, 0.25) is 10.3 Å². The Morgan fingerprint density at radius 1 is 1.24 bits per heavy atom. The lowest BCUT2D eigenvalue weighted by molar-refractivity contribution is -0.886. The number of aromatic amines is 1. The third-order valence-electron chi connectivity index (χ3n) is 5.85. The molecule has 1 aliphatic rings. The molecule has 0 spiro atoms. The molecule has 2 aromatic heterocycles. The Morgan fingerprint density at radius 3 is 2.47 bits per heavy atom. The molecule has 3 aromatic rings. The van der Waals surface area contributed by atoms with E-state index in [-0.39, 0.29) is 33.8 Å². The second-order valence-corrected chi connectivity index (χ2v) is 9.25. The van der Waals surface area contributed by atoms with Crippen LogP contribution in [0.1, 0.15) is 34.5 Å². The molecule has 4 rings (SSSR count). The van der Waals surface area contributed by atoms with Crippen molar-refractivity contribution in [2.45, 2.75) is 25.4 Å². The number of benzene rings is 1. The van der Waals surface area contributed by atoms with Crippen molar-refractivity contribution in [3.63, 3.8) is 0 Å². The van der Waals surface area contributed by atoms with Crippen molar-refractivity contribution in [3.05, 3.63) is 61.6 Å². The molecule has 0 atom stereocenters. The zero-order chi connectivity index (χ0) is 28.2. The van der Waals surface area contributed by atoms with E-state index in [4.69, 9.17) is 33.1 Å². The zero-order valence-electron chi connectivity index (χ0n) is 19.9. The number of carboxylic acids is 1. The molecule has 0 aliphatic carbocycles. The van der Waals surface area contributed by atoms with E-state index >= 15 is 0 Å². The number of nitrogens with zero attached hydrogens (tertiary/aromatic N) is 4. The minimum Gasteiger partial charge on any atom is -0.542 e.